The van der Waals surface area contributed by atoms with Crippen molar-refractivity contribution in [2.45, 2.75) is 66.0 Å². The molecule has 0 bridgehead atoms. The molecule has 1 heterocycles. The summed E-state index contributed by atoms with van der Waals surface area (Å²) in [4.78, 5) is 2.73. The fourth-order valence-corrected chi connectivity index (χ4v) is 2.87. The lowest BCUT2D eigenvalue weighted by Gasteiger charge is -2.40. The van der Waals surface area contributed by atoms with Crippen LogP contribution in [-0.2, 0) is 0 Å². The Morgan fingerprint density at radius 1 is 1.24 bits per heavy atom. The van der Waals surface area contributed by atoms with Crippen molar-refractivity contribution in [2.75, 3.05) is 19.6 Å². The van der Waals surface area contributed by atoms with E-state index in [0.717, 1.165) is 18.4 Å². The second-order valence-electron chi connectivity index (χ2n) is 6.29. The van der Waals surface area contributed by atoms with Gasteiger partial charge in [-0.05, 0) is 31.2 Å². The topological polar surface area (TPSA) is 15.3 Å². The van der Waals surface area contributed by atoms with Crippen molar-refractivity contribution in [3.8, 4) is 0 Å². The van der Waals surface area contributed by atoms with Crippen LogP contribution in [0, 0.1) is 11.8 Å². The van der Waals surface area contributed by atoms with Crippen LogP contribution in [0.1, 0.15) is 53.9 Å². The molecule has 0 aliphatic carbocycles. The van der Waals surface area contributed by atoms with Gasteiger partial charge < -0.3 is 5.32 Å². The molecule has 1 aliphatic rings. The first-order valence-electron chi connectivity index (χ1n) is 7.52. The van der Waals surface area contributed by atoms with E-state index in [9.17, 15) is 0 Å². The van der Waals surface area contributed by atoms with Crippen molar-refractivity contribution in [1.82, 2.24) is 10.2 Å². The average molecular weight is 240 g/mol. The van der Waals surface area contributed by atoms with Gasteiger partial charge >= 0.3 is 0 Å². The molecule has 2 unspecified atom stereocenters. The Bertz CT molecular complexity index is 201. The van der Waals surface area contributed by atoms with Crippen LogP contribution >= 0.6 is 0 Å². The zero-order valence-electron chi connectivity index (χ0n) is 12.5. The van der Waals surface area contributed by atoms with Gasteiger partial charge in [0.1, 0.15) is 0 Å². The zero-order chi connectivity index (χ0) is 12.8. The minimum Gasteiger partial charge on any atom is -0.313 e. The van der Waals surface area contributed by atoms with Crippen molar-refractivity contribution in [1.29, 1.82) is 0 Å². The highest BCUT2D eigenvalue weighted by Gasteiger charge is 2.26. The highest BCUT2D eigenvalue weighted by atomic mass is 15.2. The molecule has 1 aliphatic heterocycles. The quantitative estimate of drug-likeness (QED) is 0.767. The molecule has 1 N–H and O–H groups in total. The average Bonchev–Trinajstić information content (AvgIpc) is 2.28. The second-order valence-corrected chi connectivity index (χ2v) is 6.29. The minimum absolute atomic E-state index is 0.600. The number of hydrogen-bond donors (Lipinski definition) is 1. The molecule has 102 valence electrons. The van der Waals surface area contributed by atoms with Gasteiger partial charge in [-0.25, -0.2) is 0 Å². The summed E-state index contributed by atoms with van der Waals surface area (Å²) < 4.78 is 0. The van der Waals surface area contributed by atoms with E-state index in [0.29, 0.717) is 12.1 Å². The summed E-state index contributed by atoms with van der Waals surface area (Å²) in [7, 11) is 0. The van der Waals surface area contributed by atoms with Crippen molar-refractivity contribution >= 4 is 0 Å². The molecule has 0 aromatic heterocycles. The third-order valence-electron chi connectivity index (χ3n) is 4.10. The normalized spacial score (nSPS) is 24.5. The number of nitrogens with one attached hydrogen (secondary N) is 1. The van der Waals surface area contributed by atoms with E-state index in [1.807, 2.05) is 0 Å². The lowest BCUT2D eigenvalue weighted by atomic mass is 9.92. The van der Waals surface area contributed by atoms with E-state index >= 15 is 0 Å². The van der Waals surface area contributed by atoms with Gasteiger partial charge in [-0.1, -0.05) is 41.0 Å². The first-order valence-corrected chi connectivity index (χ1v) is 7.52. The largest absolute Gasteiger partial charge is 0.313 e. The number of piperidine rings is 1. The Balaban J connectivity index is 2.50. The molecule has 2 nitrogen and oxygen atoms in total. The highest BCUT2D eigenvalue weighted by molar-refractivity contribution is 4.82. The summed E-state index contributed by atoms with van der Waals surface area (Å²) in [5.74, 6) is 1.68. The van der Waals surface area contributed by atoms with Crippen LogP contribution < -0.4 is 5.32 Å². The van der Waals surface area contributed by atoms with Gasteiger partial charge in [-0.3, -0.25) is 4.90 Å². The Morgan fingerprint density at radius 3 is 2.47 bits per heavy atom. The smallest absolute Gasteiger partial charge is 0.0243 e. The third kappa shape index (κ3) is 4.97. The van der Waals surface area contributed by atoms with E-state index in [1.165, 1.54) is 32.4 Å². The monoisotopic (exact) mass is 240 g/mol. The summed E-state index contributed by atoms with van der Waals surface area (Å²) in [6.45, 7) is 15.3. The molecule has 0 radical (unpaired) electrons. The highest BCUT2D eigenvalue weighted by Crippen LogP contribution is 2.23. The van der Waals surface area contributed by atoms with Crippen molar-refractivity contribution < 1.29 is 0 Å². The van der Waals surface area contributed by atoms with Crippen LogP contribution in [0.25, 0.3) is 0 Å². The zero-order valence-corrected chi connectivity index (χ0v) is 12.5. The fraction of sp³-hybridized carbons (Fsp3) is 1.00. The first-order chi connectivity index (χ1) is 8.04. The van der Waals surface area contributed by atoms with Gasteiger partial charge in [0.25, 0.3) is 0 Å². The van der Waals surface area contributed by atoms with Gasteiger partial charge in [0.15, 0.2) is 0 Å². The number of likely N-dealkylation sites (tertiary alicyclic amines) is 1. The van der Waals surface area contributed by atoms with E-state index < -0.39 is 0 Å². The predicted octanol–water partition coefficient (Wildman–Crippen LogP) is 3.13. The molecule has 17 heavy (non-hydrogen) atoms. The third-order valence-corrected chi connectivity index (χ3v) is 4.10. The summed E-state index contributed by atoms with van der Waals surface area (Å²) >= 11 is 0. The van der Waals surface area contributed by atoms with Crippen molar-refractivity contribution in [2.24, 2.45) is 11.8 Å². The van der Waals surface area contributed by atoms with Gasteiger partial charge in [0.05, 0.1) is 0 Å². The molecule has 1 rings (SSSR count). The Kier molecular flexibility index (Phi) is 6.50. The maximum atomic E-state index is 3.62. The lowest BCUT2D eigenvalue weighted by Crippen LogP contribution is -2.50. The van der Waals surface area contributed by atoms with Crippen molar-refractivity contribution in [3.05, 3.63) is 0 Å². The summed E-state index contributed by atoms with van der Waals surface area (Å²) in [5, 5.41) is 3.62. The van der Waals surface area contributed by atoms with Gasteiger partial charge in [0.2, 0.25) is 0 Å². The Labute approximate surface area is 108 Å². The predicted molar refractivity (Wildman–Crippen MR) is 76.4 cm³/mol. The Morgan fingerprint density at radius 2 is 1.94 bits per heavy atom. The van der Waals surface area contributed by atoms with Crippen LogP contribution in [0.3, 0.4) is 0 Å². The number of rotatable bonds is 6. The molecule has 0 aromatic carbocycles. The van der Waals surface area contributed by atoms with E-state index in [1.54, 1.807) is 0 Å². The molecular weight excluding hydrogens is 208 g/mol. The van der Waals surface area contributed by atoms with Gasteiger partial charge in [-0.2, -0.15) is 0 Å². The molecule has 0 saturated carbocycles. The minimum atomic E-state index is 0.600. The van der Waals surface area contributed by atoms with Crippen LogP contribution in [-0.4, -0.2) is 36.6 Å². The molecule has 2 heteroatoms. The van der Waals surface area contributed by atoms with E-state index in [2.05, 4.69) is 44.8 Å². The van der Waals surface area contributed by atoms with Crippen LogP contribution in [0.5, 0.6) is 0 Å². The van der Waals surface area contributed by atoms with Crippen LogP contribution in [0.2, 0.25) is 0 Å². The molecule has 2 atom stereocenters. The number of hydrogen-bond acceptors (Lipinski definition) is 2. The molecule has 0 spiro atoms. The second kappa shape index (κ2) is 7.38. The SMILES string of the molecule is CCC1CCCN(C(CNC(C)C)C(C)C)C1. The summed E-state index contributed by atoms with van der Waals surface area (Å²) in [6, 6.07) is 1.31. The molecule has 1 fully saturated rings. The maximum absolute atomic E-state index is 3.62. The summed E-state index contributed by atoms with van der Waals surface area (Å²) in [6.07, 6.45) is 4.18. The van der Waals surface area contributed by atoms with E-state index in [-0.39, 0.29) is 0 Å². The van der Waals surface area contributed by atoms with Crippen LogP contribution in [0.15, 0.2) is 0 Å². The molecule has 0 aromatic rings. The van der Waals surface area contributed by atoms with Crippen LogP contribution in [0.4, 0.5) is 0 Å². The van der Waals surface area contributed by atoms with Crippen molar-refractivity contribution in [3.63, 3.8) is 0 Å². The van der Waals surface area contributed by atoms with Gasteiger partial charge in [-0.15, -0.1) is 0 Å². The Hall–Kier alpha value is -0.0800. The lowest BCUT2D eigenvalue weighted by molar-refractivity contribution is 0.0920. The maximum Gasteiger partial charge on any atom is 0.0243 e. The fourth-order valence-electron chi connectivity index (χ4n) is 2.87. The molecule has 1 saturated heterocycles. The standard InChI is InChI=1S/C15H32N2/c1-6-14-8-7-9-17(11-14)15(12(2)3)10-16-13(4)5/h12-16H,6-11H2,1-5H3. The first kappa shape index (κ1) is 15.0. The molecular formula is C15H32N2. The molecule has 0 amide bonds. The number of nitrogens with zero attached hydrogens (tertiary/aromatic N) is 1. The van der Waals surface area contributed by atoms with Gasteiger partial charge in [0, 0.05) is 25.2 Å². The summed E-state index contributed by atoms with van der Waals surface area (Å²) in [5.41, 5.74) is 0. The van der Waals surface area contributed by atoms with E-state index in [4.69, 9.17) is 0 Å².